The summed E-state index contributed by atoms with van der Waals surface area (Å²) in [6, 6.07) is 19.1. The van der Waals surface area contributed by atoms with Crippen molar-refractivity contribution in [1.82, 2.24) is 15.0 Å². The minimum Gasteiger partial charge on any atom is -0.486 e. The van der Waals surface area contributed by atoms with E-state index in [-0.39, 0.29) is 29.7 Å². The van der Waals surface area contributed by atoms with Crippen LogP contribution in [0, 0.1) is 5.92 Å². The number of carbonyl (C=O) groups excluding carboxylic acids is 1. The number of ether oxygens (including phenoxy) is 4. The van der Waals surface area contributed by atoms with Gasteiger partial charge in [-0.1, -0.05) is 68.5 Å². The third-order valence-corrected chi connectivity index (χ3v) is 7.59. The van der Waals surface area contributed by atoms with Crippen molar-refractivity contribution in [3.63, 3.8) is 0 Å². The van der Waals surface area contributed by atoms with Gasteiger partial charge in [-0.3, -0.25) is 0 Å². The number of alkyl halides is 3. The van der Waals surface area contributed by atoms with Gasteiger partial charge in [0.25, 0.3) is 0 Å². The van der Waals surface area contributed by atoms with Gasteiger partial charge >= 0.3 is 30.2 Å². The van der Waals surface area contributed by atoms with E-state index in [1.54, 1.807) is 24.3 Å². The summed E-state index contributed by atoms with van der Waals surface area (Å²) < 4.78 is 60.7. The maximum Gasteiger partial charge on any atom is 0.416 e. The summed E-state index contributed by atoms with van der Waals surface area (Å²) in [7, 11) is 2.74. The molecule has 1 atom stereocenters. The molecule has 1 heterocycles. The van der Waals surface area contributed by atoms with Crippen LogP contribution in [-0.2, 0) is 6.18 Å². The normalized spacial score (nSPS) is 14.5. The lowest BCUT2D eigenvalue weighted by molar-refractivity contribution is -0.137. The second-order valence-corrected chi connectivity index (χ2v) is 10.5. The molecule has 0 aliphatic heterocycles. The molecule has 1 unspecified atom stereocenters. The Morgan fingerprint density at radius 1 is 0.773 bits per heavy atom. The molecular weight excluding hydrogens is 575 g/mol. The van der Waals surface area contributed by atoms with Crippen LogP contribution in [0.15, 0.2) is 72.8 Å². The Balaban J connectivity index is 1.30. The van der Waals surface area contributed by atoms with Gasteiger partial charge in [0.05, 0.1) is 25.3 Å². The first-order valence-corrected chi connectivity index (χ1v) is 14.3. The molecule has 0 spiro atoms. The Bertz CT molecular complexity index is 1520. The van der Waals surface area contributed by atoms with E-state index in [0.717, 1.165) is 42.5 Å². The summed E-state index contributed by atoms with van der Waals surface area (Å²) in [5, 5.41) is 0. The zero-order chi connectivity index (χ0) is 31.1. The first kappa shape index (κ1) is 30.8. The molecule has 8 nitrogen and oxygen atoms in total. The largest absolute Gasteiger partial charge is 0.486 e. The monoisotopic (exact) mass is 607 g/mol. The van der Waals surface area contributed by atoms with Gasteiger partial charge in [-0.2, -0.15) is 13.2 Å². The van der Waals surface area contributed by atoms with Gasteiger partial charge in [0, 0.05) is 0 Å². The lowest BCUT2D eigenvalue weighted by Crippen LogP contribution is -2.16. The van der Waals surface area contributed by atoms with E-state index in [4.69, 9.17) is 18.9 Å². The lowest BCUT2D eigenvalue weighted by atomic mass is 9.84. The van der Waals surface area contributed by atoms with E-state index in [0.29, 0.717) is 17.2 Å². The minimum absolute atomic E-state index is 0.0557. The molecular formula is C33H32F3N3O5. The molecule has 1 fully saturated rings. The fraction of sp³-hybridized carbons (Fsp3) is 0.333. The third-order valence-electron chi connectivity index (χ3n) is 7.59. The molecule has 0 radical (unpaired) electrons. The smallest absolute Gasteiger partial charge is 0.416 e. The van der Waals surface area contributed by atoms with Gasteiger partial charge in [0.2, 0.25) is 0 Å². The van der Waals surface area contributed by atoms with Crippen LogP contribution in [0.2, 0.25) is 0 Å². The Morgan fingerprint density at radius 3 is 1.86 bits per heavy atom. The zero-order valence-corrected chi connectivity index (χ0v) is 24.3. The van der Waals surface area contributed by atoms with Gasteiger partial charge in [0.15, 0.2) is 0 Å². The summed E-state index contributed by atoms with van der Waals surface area (Å²) >= 11 is 0. The fourth-order valence-corrected chi connectivity index (χ4v) is 5.24. The third kappa shape index (κ3) is 7.83. The van der Waals surface area contributed by atoms with Crippen LogP contribution in [0.5, 0.6) is 23.8 Å². The van der Waals surface area contributed by atoms with Crippen molar-refractivity contribution >= 4 is 5.97 Å². The van der Waals surface area contributed by atoms with Crippen LogP contribution in [-0.4, -0.2) is 35.1 Å². The number of methoxy groups -OCH3 is 2. The number of halogens is 3. The van der Waals surface area contributed by atoms with Crippen molar-refractivity contribution in [3.8, 4) is 34.9 Å². The van der Waals surface area contributed by atoms with Gasteiger partial charge in [-0.05, 0) is 65.4 Å². The summed E-state index contributed by atoms with van der Waals surface area (Å²) in [4.78, 5) is 24.4. The maximum absolute atomic E-state index is 13.0. The summed E-state index contributed by atoms with van der Waals surface area (Å²) in [5.41, 5.74) is 2.07. The maximum atomic E-state index is 13.0. The molecule has 0 N–H and O–H groups in total. The number of hydrogen-bond donors (Lipinski definition) is 0. The van der Waals surface area contributed by atoms with Crippen LogP contribution >= 0.6 is 0 Å². The second-order valence-electron chi connectivity index (χ2n) is 10.5. The predicted molar refractivity (Wildman–Crippen MR) is 156 cm³/mol. The number of nitrogens with zero attached hydrogens (tertiary/aromatic N) is 3. The summed E-state index contributed by atoms with van der Waals surface area (Å²) in [6.45, 7) is 0. The Morgan fingerprint density at radius 2 is 1.32 bits per heavy atom. The molecule has 3 aromatic carbocycles. The van der Waals surface area contributed by atoms with Gasteiger partial charge < -0.3 is 18.9 Å². The number of aromatic nitrogens is 3. The molecule has 0 amide bonds. The highest BCUT2D eigenvalue weighted by Gasteiger charge is 2.30. The molecule has 1 aromatic heterocycles. The Kier molecular flexibility index (Phi) is 9.62. The van der Waals surface area contributed by atoms with Gasteiger partial charge in [-0.25, -0.2) is 4.79 Å². The van der Waals surface area contributed by atoms with Crippen LogP contribution in [0.3, 0.4) is 0 Å². The van der Waals surface area contributed by atoms with E-state index >= 15 is 0 Å². The number of rotatable bonds is 10. The lowest BCUT2D eigenvalue weighted by Gasteiger charge is -2.27. The van der Waals surface area contributed by atoms with E-state index < -0.39 is 17.7 Å². The van der Waals surface area contributed by atoms with Crippen LogP contribution in [0.25, 0.3) is 11.1 Å². The van der Waals surface area contributed by atoms with E-state index in [9.17, 15) is 18.0 Å². The molecule has 11 heteroatoms. The quantitative estimate of drug-likeness (QED) is 0.168. The number of benzene rings is 3. The van der Waals surface area contributed by atoms with Crippen molar-refractivity contribution in [2.24, 2.45) is 5.92 Å². The zero-order valence-electron chi connectivity index (χ0n) is 24.3. The van der Waals surface area contributed by atoms with E-state index in [1.165, 1.54) is 45.6 Å². The highest BCUT2D eigenvalue weighted by Crippen LogP contribution is 2.36. The number of carbonyl (C=O) groups is 1. The van der Waals surface area contributed by atoms with Gasteiger partial charge in [0.1, 0.15) is 11.9 Å². The minimum atomic E-state index is -4.37. The average Bonchev–Trinajstić information content (AvgIpc) is 3.04. The molecule has 44 heavy (non-hydrogen) atoms. The highest BCUT2D eigenvalue weighted by molar-refractivity contribution is 5.90. The van der Waals surface area contributed by atoms with Crippen molar-refractivity contribution < 1.29 is 36.9 Å². The average molecular weight is 608 g/mol. The molecule has 1 aliphatic rings. The first-order chi connectivity index (χ1) is 21.2. The molecule has 230 valence electrons. The first-order valence-electron chi connectivity index (χ1n) is 14.3. The van der Waals surface area contributed by atoms with Crippen molar-refractivity contribution in [2.45, 2.75) is 50.8 Å². The Hall–Kier alpha value is -4.67. The second kappa shape index (κ2) is 13.7. The van der Waals surface area contributed by atoms with E-state index in [2.05, 4.69) is 15.0 Å². The van der Waals surface area contributed by atoms with Crippen LogP contribution < -0.4 is 18.9 Å². The van der Waals surface area contributed by atoms with Crippen molar-refractivity contribution in [3.05, 3.63) is 89.5 Å². The molecule has 1 aliphatic carbocycles. The molecule has 0 saturated heterocycles. The summed E-state index contributed by atoms with van der Waals surface area (Å²) in [6.07, 6.45) is 2.11. The standard InChI is InChI=1S/C33H32F3N3O5/c1-41-30-37-31(42-2)39-32(38-30)44-29(40)25-14-18-27(19-15-25)43-28(20-21-6-4-3-5-7-21)24-10-8-22(9-11-24)23-12-16-26(17-13-23)33(34,35)36/h8-19,21,28H,3-7,20H2,1-2H3. The molecule has 4 aromatic rings. The topological polar surface area (TPSA) is 92.7 Å². The molecule has 1 saturated carbocycles. The van der Waals surface area contributed by atoms with Gasteiger partial charge in [-0.15, -0.1) is 15.0 Å². The van der Waals surface area contributed by atoms with Crippen molar-refractivity contribution in [2.75, 3.05) is 14.2 Å². The molecule has 5 rings (SSSR count). The van der Waals surface area contributed by atoms with Crippen molar-refractivity contribution in [1.29, 1.82) is 0 Å². The van der Waals surface area contributed by atoms with Crippen LogP contribution in [0.4, 0.5) is 13.2 Å². The SMILES string of the molecule is COc1nc(OC)nc(OC(=O)c2ccc(OC(CC3CCCCC3)c3ccc(-c4ccc(C(F)(F)F)cc4)cc3)cc2)n1. The highest BCUT2D eigenvalue weighted by atomic mass is 19.4. The number of hydrogen-bond acceptors (Lipinski definition) is 8. The fourth-order valence-electron chi connectivity index (χ4n) is 5.24. The predicted octanol–water partition coefficient (Wildman–Crippen LogP) is 7.88. The molecule has 0 bridgehead atoms. The van der Waals surface area contributed by atoms with Crippen LogP contribution in [0.1, 0.15) is 66.1 Å². The van der Waals surface area contributed by atoms with E-state index in [1.807, 2.05) is 24.3 Å². The Labute approximate surface area is 253 Å². The summed E-state index contributed by atoms with van der Waals surface area (Å²) in [5.74, 6) is 0.425. The number of esters is 1.